The Hall–Kier alpha value is -1.94. The molecule has 0 amide bonds. The number of rotatable bonds is 3. The molecule has 0 atom stereocenters. The molecular weight excluding hydrogens is 283 g/mol. The SMILES string of the molecule is Cc1cccc(C)c1NC(=S)N(C)Cc1ccc(F)cc1. The molecule has 21 heavy (non-hydrogen) atoms. The molecule has 4 heteroatoms. The highest BCUT2D eigenvalue weighted by atomic mass is 32.1. The van der Waals surface area contributed by atoms with Gasteiger partial charge in [-0.1, -0.05) is 30.3 Å². The Labute approximate surface area is 130 Å². The molecule has 0 radical (unpaired) electrons. The van der Waals surface area contributed by atoms with Crippen LogP contribution in [-0.2, 0) is 6.54 Å². The Kier molecular flexibility index (Phi) is 4.91. The van der Waals surface area contributed by atoms with Crippen molar-refractivity contribution >= 4 is 23.0 Å². The fraction of sp³-hybridized carbons (Fsp3) is 0.235. The van der Waals surface area contributed by atoms with E-state index in [0.717, 1.165) is 22.4 Å². The van der Waals surface area contributed by atoms with E-state index in [1.807, 2.05) is 18.0 Å². The minimum absolute atomic E-state index is 0.224. The van der Waals surface area contributed by atoms with E-state index in [9.17, 15) is 4.39 Å². The van der Waals surface area contributed by atoms with Crippen molar-refractivity contribution in [1.82, 2.24) is 4.90 Å². The van der Waals surface area contributed by atoms with Gasteiger partial charge in [0, 0.05) is 19.3 Å². The van der Waals surface area contributed by atoms with Gasteiger partial charge >= 0.3 is 0 Å². The second-order valence-electron chi connectivity index (χ2n) is 5.18. The summed E-state index contributed by atoms with van der Waals surface area (Å²) in [6, 6.07) is 12.6. The van der Waals surface area contributed by atoms with Crippen molar-refractivity contribution in [2.24, 2.45) is 0 Å². The zero-order valence-corrected chi connectivity index (χ0v) is 13.3. The van der Waals surface area contributed by atoms with Crippen LogP contribution in [0.2, 0.25) is 0 Å². The van der Waals surface area contributed by atoms with Crippen LogP contribution in [0.3, 0.4) is 0 Å². The summed E-state index contributed by atoms with van der Waals surface area (Å²) in [6.45, 7) is 4.74. The largest absolute Gasteiger partial charge is 0.348 e. The monoisotopic (exact) mass is 302 g/mol. The number of nitrogens with zero attached hydrogens (tertiary/aromatic N) is 1. The van der Waals surface area contributed by atoms with Crippen LogP contribution in [0.25, 0.3) is 0 Å². The summed E-state index contributed by atoms with van der Waals surface area (Å²) in [5.74, 6) is -0.224. The molecule has 2 aromatic rings. The third-order valence-corrected chi connectivity index (χ3v) is 3.81. The molecule has 0 heterocycles. The van der Waals surface area contributed by atoms with Crippen molar-refractivity contribution in [1.29, 1.82) is 0 Å². The first-order valence-corrected chi connectivity index (χ1v) is 7.21. The Morgan fingerprint density at radius 1 is 1.10 bits per heavy atom. The van der Waals surface area contributed by atoms with Gasteiger partial charge in [-0.25, -0.2) is 4.39 Å². The normalized spacial score (nSPS) is 10.3. The first-order chi connectivity index (χ1) is 9.97. The first kappa shape index (κ1) is 15.4. The number of nitrogens with one attached hydrogen (secondary N) is 1. The maximum absolute atomic E-state index is 12.9. The smallest absolute Gasteiger partial charge is 0.173 e. The van der Waals surface area contributed by atoms with E-state index in [1.54, 1.807) is 12.1 Å². The predicted octanol–water partition coefficient (Wildman–Crippen LogP) is 4.27. The van der Waals surface area contributed by atoms with Crippen molar-refractivity contribution in [3.63, 3.8) is 0 Å². The van der Waals surface area contributed by atoms with Gasteiger partial charge in [0.1, 0.15) is 5.82 Å². The average molecular weight is 302 g/mol. The van der Waals surface area contributed by atoms with Crippen molar-refractivity contribution in [2.75, 3.05) is 12.4 Å². The summed E-state index contributed by atoms with van der Waals surface area (Å²) in [6.07, 6.45) is 0. The Morgan fingerprint density at radius 3 is 2.24 bits per heavy atom. The number of anilines is 1. The minimum atomic E-state index is -0.224. The first-order valence-electron chi connectivity index (χ1n) is 6.80. The molecule has 2 rings (SSSR count). The molecule has 0 saturated carbocycles. The fourth-order valence-corrected chi connectivity index (χ4v) is 2.32. The Morgan fingerprint density at radius 2 is 1.67 bits per heavy atom. The lowest BCUT2D eigenvalue weighted by molar-refractivity contribution is 0.507. The van der Waals surface area contributed by atoms with Crippen LogP contribution in [0.4, 0.5) is 10.1 Å². The molecule has 0 bridgehead atoms. The average Bonchev–Trinajstić information content (AvgIpc) is 2.45. The van der Waals surface area contributed by atoms with Gasteiger partial charge in [-0.2, -0.15) is 0 Å². The summed E-state index contributed by atoms with van der Waals surface area (Å²) in [7, 11) is 1.92. The molecule has 0 unspecified atom stereocenters. The molecule has 2 nitrogen and oxygen atoms in total. The van der Waals surface area contributed by atoms with Gasteiger partial charge in [-0.3, -0.25) is 0 Å². The van der Waals surface area contributed by atoms with E-state index in [4.69, 9.17) is 12.2 Å². The van der Waals surface area contributed by atoms with E-state index in [1.165, 1.54) is 12.1 Å². The van der Waals surface area contributed by atoms with Crippen LogP contribution >= 0.6 is 12.2 Å². The molecule has 0 saturated heterocycles. The second kappa shape index (κ2) is 6.68. The van der Waals surface area contributed by atoms with Crippen molar-refractivity contribution in [3.8, 4) is 0 Å². The lowest BCUT2D eigenvalue weighted by Gasteiger charge is -2.23. The van der Waals surface area contributed by atoms with Crippen LogP contribution < -0.4 is 5.32 Å². The highest BCUT2D eigenvalue weighted by molar-refractivity contribution is 7.80. The fourth-order valence-electron chi connectivity index (χ4n) is 2.15. The molecule has 110 valence electrons. The zero-order chi connectivity index (χ0) is 15.4. The molecule has 0 aliphatic carbocycles. The van der Waals surface area contributed by atoms with Crippen LogP contribution in [0.1, 0.15) is 16.7 Å². The van der Waals surface area contributed by atoms with E-state index in [-0.39, 0.29) is 5.82 Å². The van der Waals surface area contributed by atoms with Gasteiger partial charge in [0.2, 0.25) is 0 Å². The number of benzene rings is 2. The second-order valence-corrected chi connectivity index (χ2v) is 5.57. The number of para-hydroxylation sites is 1. The van der Waals surface area contributed by atoms with Crippen molar-refractivity contribution < 1.29 is 4.39 Å². The van der Waals surface area contributed by atoms with Gasteiger partial charge in [0.15, 0.2) is 5.11 Å². The molecule has 0 aromatic heterocycles. The quantitative estimate of drug-likeness (QED) is 0.852. The van der Waals surface area contributed by atoms with E-state index in [2.05, 4.69) is 31.3 Å². The Balaban J connectivity index is 2.04. The third-order valence-electron chi connectivity index (χ3n) is 3.39. The van der Waals surface area contributed by atoms with Gasteiger partial charge in [-0.05, 0) is 54.9 Å². The van der Waals surface area contributed by atoms with Crippen LogP contribution in [0.15, 0.2) is 42.5 Å². The highest BCUT2D eigenvalue weighted by Gasteiger charge is 2.09. The number of aryl methyl sites for hydroxylation is 2. The summed E-state index contributed by atoms with van der Waals surface area (Å²) >= 11 is 5.44. The van der Waals surface area contributed by atoms with Crippen LogP contribution in [0.5, 0.6) is 0 Å². The van der Waals surface area contributed by atoms with Crippen LogP contribution in [-0.4, -0.2) is 17.1 Å². The van der Waals surface area contributed by atoms with Gasteiger partial charge in [-0.15, -0.1) is 0 Å². The minimum Gasteiger partial charge on any atom is -0.348 e. The van der Waals surface area contributed by atoms with Gasteiger partial charge < -0.3 is 10.2 Å². The highest BCUT2D eigenvalue weighted by Crippen LogP contribution is 2.20. The van der Waals surface area contributed by atoms with Crippen molar-refractivity contribution in [3.05, 3.63) is 65.0 Å². The molecule has 1 N–H and O–H groups in total. The lowest BCUT2D eigenvalue weighted by atomic mass is 10.1. The number of thiocarbonyl (C=S) groups is 1. The summed E-state index contributed by atoms with van der Waals surface area (Å²) < 4.78 is 12.9. The maximum atomic E-state index is 12.9. The Bertz CT molecular complexity index is 617. The third kappa shape index (κ3) is 4.02. The van der Waals surface area contributed by atoms with Gasteiger partial charge in [0.25, 0.3) is 0 Å². The molecular formula is C17H19FN2S. The van der Waals surface area contributed by atoms with E-state index < -0.39 is 0 Å². The van der Waals surface area contributed by atoms with Gasteiger partial charge in [0.05, 0.1) is 0 Å². The number of halogens is 1. The molecule has 0 aliphatic heterocycles. The van der Waals surface area contributed by atoms with E-state index in [0.29, 0.717) is 11.7 Å². The van der Waals surface area contributed by atoms with Crippen molar-refractivity contribution in [2.45, 2.75) is 20.4 Å². The van der Waals surface area contributed by atoms with E-state index >= 15 is 0 Å². The summed E-state index contributed by atoms with van der Waals surface area (Å²) in [5.41, 5.74) is 4.39. The summed E-state index contributed by atoms with van der Waals surface area (Å²) in [4.78, 5) is 1.94. The number of hydrogen-bond donors (Lipinski definition) is 1. The van der Waals surface area contributed by atoms with Crippen LogP contribution in [0, 0.1) is 19.7 Å². The standard InChI is InChI=1S/C17H19FN2S/c1-12-5-4-6-13(2)16(12)19-17(21)20(3)11-14-7-9-15(18)10-8-14/h4-10H,11H2,1-3H3,(H,19,21). The maximum Gasteiger partial charge on any atom is 0.173 e. The molecule has 2 aromatic carbocycles. The lowest BCUT2D eigenvalue weighted by Crippen LogP contribution is -2.31. The number of hydrogen-bond acceptors (Lipinski definition) is 1. The molecule has 0 fully saturated rings. The molecule has 0 spiro atoms. The topological polar surface area (TPSA) is 15.3 Å². The predicted molar refractivity (Wildman–Crippen MR) is 90.0 cm³/mol. The zero-order valence-electron chi connectivity index (χ0n) is 12.5. The summed E-state index contributed by atoms with van der Waals surface area (Å²) in [5, 5.41) is 3.94. The molecule has 0 aliphatic rings.